The topological polar surface area (TPSA) is 118 Å². The molecule has 0 aromatic rings. The van der Waals surface area contributed by atoms with Gasteiger partial charge in [-0.2, -0.15) is 0 Å². The quantitative estimate of drug-likeness (QED) is 0.307. The van der Waals surface area contributed by atoms with E-state index in [1.165, 1.54) is 11.1 Å². The minimum atomic E-state index is -0.675. The van der Waals surface area contributed by atoms with Gasteiger partial charge in [-0.25, -0.2) is 19.2 Å². The van der Waals surface area contributed by atoms with Crippen LogP contribution in [0.2, 0.25) is 0 Å². The van der Waals surface area contributed by atoms with Crippen LogP contribution in [0.1, 0.15) is 96.3 Å². The van der Waals surface area contributed by atoms with Gasteiger partial charge in [0.2, 0.25) is 0 Å². The maximum absolute atomic E-state index is 15.3. The summed E-state index contributed by atoms with van der Waals surface area (Å²) in [6.07, 6.45) is 19.7. The SMILES string of the molecule is O=C1C=C2C[C@H](C3=C[C@@H]4C[C@@]5(OC(=O)C([C@H]6CC7=C([C@H]8CC9=CC(=O)O[C@@]9%10C[C@@H]8N8CCC[C@@H]8%10)C(=O)O[C@@]78C[C@@H]6N6CCC[C@@H]68)=C35)[C@H]3CCCN43)[C@@H]3C[C@@]2(O1)[C@H]1CCCN31. The van der Waals surface area contributed by atoms with E-state index in [0.29, 0.717) is 12.8 Å². The van der Waals surface area contributed by atoms with Crippen molar-refractivity contribution < 1.29 is 38.1 Å². The number of rotatable bonds is 3. The van der Waals surface area contributed by atoms with E-state index in [-0.39, 0.29) is 90.0 Å². The van der Waals surface area contributed by atoms with Gasteiger partial charge in [-0.05, 0) is 119 Å². The summed E-state index contributed by atoms with van der Waals surface area (Å²) in [5.74, 6) is -0.799. The van der Waals surface area contributed by atoms with Crippen molar-refractivity contribution in [2.24, 2.45) is 17.8 Å². The van der Waals surface area contributed by atoms with Gasteiger partial charge >= 0.3 is 23.9 Å². The molecule has 15 atom stereocenters. The molecule has 312 valence electrons. The molecule has 0 radical (unpaired) electrons. The standard InChI is InChI=1S/C48H52N4O8/c53-38-15-23-13-26(31-20-45(23,57-38)34-5-2-10-50(31)34)27-17-25-19-48(37-8-1-9-49(25)37)42(27)41(44(56)60-48)29-18-30-40(43(55)59-47(30)22-33(29)52-12-4-7-36(47)52)28-14-24-16-39(54)58-46(24)21-32(28)51-11-3-6-35(46)51/h15-17,25-26,28-29,31-37H,1-14,18-22H2/t25-,26-,28+,29+,31+,32+,33+,34-,35-,36-,37-,45+,46+,47+,48-/m1/s1. The van der Waals surface area contributed by atoms with Crippen molar-refractivity contribution in [2.45, 2.75) is 167 Å². The zero-order valence-electron chi connectivity index (χ0n) is 34.1. The average Bonchev–Trinajstić information content (AvgIpc) is 4.06. The summed E-state index contributed by atoms with van der Waals surface area (Å²) in [6.45, 7) is 3.94. The van der Waals surface area contributed by atoms with Crippen molar-refractivity contribution in [1.29, 1.82) is 0 Å². The predicted molar refractivity (Wildman–Crippen MR) is 210 cm³/mol. The monoisotopic (exact) mass is 812 g/mol. The van der Waals surface area contributed by atoms with E-state index < -0.39 is 22.4 Å². The molecule has 0 aromatic heterocycles. The van der Waals surface area contributed by atoms with Gasteiger partial charge in [0.25, 0.3) is 0 Å². The Bertz CT molecular complexity index is 2380. The van der Waals surface area contributed by atoms with Gasteiger partial charge in [0.05, 0.1) is 24.2 Å². The lowest BCUT2D eigenvalue weighted by Gasteiger charge is -2.43. The van der Waals surface area contributed by atoms with E-state index >= 15 is 4.79 Å². The van der Waals surface area contributed by atoms with E-state index in [9.17, 15) is 14.4 Å². The largest absolute Gasteiger partial charge is 0.450 e. The van der Waals surface area contributed by atoms with Gasteiger partial charge in [-0.3, -0.25) is 19.6 Å². The summed E-state index contributed by atoms with van der Waals surface area (Å²) in [5.41, 5.74) is 5.19. The van der Waals surface area contributed by atoms with E-state index in [4.69, 9.17) is 18.9 Å². The van der Waals surface area contributed by atoms with Crippen LogP contribution in [0.3, 0.4) is 0 Å². The summed E-state index contributed by atoms with van der Waals surface area (Å²) >= 11 is 0. The highest BCUT2D eigenvalue weighted by molar-refractivity contribution is 5.98. The first kappa shape index (κ1) is 34.0. The zero-order chi connectivity index (χ0) is 39.4. The fourth-order valence-corrected chi connectivity index (χ4v) is 18.8. The van der Waals surface area contributed by atoms with Crippen molar-refractivity contribution in [3.8, 4) is 0 Å². The van der Waals surface area contributed by atoms with Crippen LogP contribution < -0.4 is 0 Å². The molecule has 12 aliphatic heterocycles. The maximum atomic E-state index is 15.3. The molecule has 0 unspecified atom stereocenters. The molecule has 8 saturated heterocycles. The minimum absolute atomic E-state index is 0.0766. The van der Waals surface area contributed by atoms with E-state index in [1.807, 2.05) is 6.08 Å². The van der Waals surface area contributed by atoms with Crippen LogP contribution in [0.5, 0.6) is 0 Å². The summed E-state index contributed by atoms with van der Waals surface area (Å²) in [5, 5.41) is 0. The first-order valence-electron chi connectivity index (χ1n) is 23.8. The number of ether oxygens (including phenoxy) is 4. The van der Waals surface area contributed by atoms with Crippen LogP contribution in [0.15, 0.2) is 57.2 Å². The van der Waals surface area contributed by atoms with Crippen LogP contribution in [0, 0.1) is 17.8 Å². The smallest absolute Gasteiger partial charge is 0.335 e. The number of nitrogens with zero attached hydrogens (tertiary/aromatic N) is 4. The Hall–Kier alpha value is -3.58. The minimum Gasteiger partial charge on any atom is -0.450 e. The molecule has 8 bridgehead atoms. The van der Waals surface area contributed by atoms with E-state index in [0.717, 1.165) is 138 Å². The molecule has 12 nitrogen and oxygen atoms in total. The Morgan fingerprint density at radius 2 is 0.983 bits per heavy atom. The Balaban J connectivity index is 0.878. The van der Waals surface area contributed by atoms with E-state index in [1.54, 1.807) is 6.08 Å². The highest BCUT2D eigenvalue weighted by Gasteiger charge is 2.74. The molecule has 0 amide bonds. The highest BCUT2D eigenvalue weighted by Crippen LogP contribution is 2.67. The van der Waals surface area contributed by atoms with Crippen molar-refractivity contribution in [1.82, 2.24) is 19.6 Å². The molecule has 4 aliphatic carbocycles. The lowest BCUT2D eigenvalue weighted by atomic mass is 9.62. The lowest BCUT2D eigenvalue weighted by molar-refractivity contribution is -0.151. The normalized spacial score (nSPS) is 52.4. The van der Waals surface area contributed by atoms with Crippen molar-refractivity contribution in [3.63, 3.8) is 0 Å². The van der Waals surface area contributed by atoms with Gasteiger partial charge in [0, 0.05) is 96.5 Å². The first-order valence-corrected chi connectivity index (χ1v) is 23.8. The molecular formula is C48H52N4O8. The van der Waals surface area contributed by atoms with Gasteiger partial charge in [-0.15, -0.1) is 0 Å². The second-order valence-electron chi connectivity index (χ2n) is 21.9. The Labute approximate surface area is 348 Å². The lowest BCUT2D eigenvalue weighted by Crippen LogP contribution is -2.46. The summed E-state index contributed by atoms with van der Waals surface area (Å²) in [4.78, 5) is 66.7. The van der Waals surface area contributed by atoms with Crippen LogP contribution >= 0.6 is 0 Å². The number of carbonyl (C=O) groups is 4. The Morgan fingerprint density at radius 3 is 1.62 bits per heavy atom. The predicted octanol–water partition coefficient (Wildman–Crippen LogP) is 3.56. The molecule has 0 N–H and O–H groups in total. The second kappa shape index (κ2) is 10.6. The fourth-order valence-electron chi connectivity index (χ4n) is 18.8. The third kappa shape index (κ3) is 3.58. The van der Waals surface area contributed by atoms with Crippen molar-refractivity contribution in [3.05, 3.63) is 57.2 Å². The number of fused-ring (bicyclic) bond motifs is 12. The Morgan fingerprint density at radius 1 is 0.500 bits per heavy atom. The van der Waals surface area contributed by atoms with Gasteiger partial charge in [0.1, 0.15) is 0 Å². The van der Waals surface area contributed by atoms with Gasteiger partial charge in [0.15, 0.2) is 22.4 Å². The molecule has 60 heavy (non-hydrogen) atoms. The molecule has 16 aliphatic rings. The maximum Gasteiger partial charge on any atom is 0.335 e. The molecule has 0 aromatic carbocycles. The zero-order valence-corrected chi connectivity index (χ0v) is 34.1. The number of carbonyl (C=O) groups excluding carboxylic acids is 4. The number of hydrogen-bond donors (Lipinski definition) is 0. The van der Waals surface area contributed by atoms with Crippen LogP contribution in [0.25, 0.3) is 0 Å². The molecule has 12 heterocycles. The van der Waals surface area contributed by atoms with Gasteiger partial charge < -0.3 is 18.9 Å². The van der Waals surface area contributed by atoms with Crippen LogP contribution in [-0.2, 0) is 38.1 Å². The average molecular weight is 813 g/mol. The fraction of sp³-hybridized carbons (Fsp3) is 0.708. The third-order valence-corrected chi connectivity index (χ3v) is 20.3. The summed E-state index contributed by atoms with van der Waals surface area (Å²) < 4.78 is 26.5. The summed E-state index contributed by atoms with van der Waals surface area (Å²) in [6, 6.07) is 1.32. The van der Waals surface area contributed by atoms with Crippen LogP contribution in [0.4, 0.5) is 0 Å². The number of hydrogen-bond acceptors (Lipinski definition) is 12. The van der Waals surface area contributed by atoms with Crippen molar-refractivity contribution in [2.75, 3.05) is 26.2 Å². The first-order chi connectivity index (χ1) is 29.2. The third-order valence-electron chi connectivity index (χ3n) is 20.3. The molecule has 11 fully saturated rings. The summed E-state index contributed by atoms with van der Waals surface area (Å²) in [7, 11) is 0. The molecule has 16 rings (SSSR count). The number of esters is 4. The van der Waals surface area contributed by atoms with E-state index in [2.05, 4.69) is 25.7 Å². The second-order valence-corrected chi connectivity index (χ2v) is 21.9. The van der Waals surface area contributed by atoms with Crippen molar-refractivity contribution >= 4 is 23.9 Å². The molecule has 3 saturated carbocycles. The molecule has 12 heteroatoms. The Kier molecular flexibility index (Phi) is 6.00. The highest BCUT2D eigenvalue weighted by atomic mass is 16.6. The van der Waals surface area contributed by atoms with Gasteiger partial charge in [-0.1, -0.05) is 6.08 Å². The molecule has 4 spiro atoms. The molecular weight excluding hydrogens is 761 g/mol. The van der Waals surface area contributed by atoms with Crippen LogP contribution in [-0.4, -0.2) is 140 Å².